The molecule has 0 aromatic carbocycles. The average molecular weight is 348 g/mol. The van der Waals surface area contributed by atoms with Crippen LogP contribution in [0.2, 0.25) is 5.02 Å². The van der Waals surface area contributed by atoms with E-state index in [0.29, 0.717) is 16.4 Å². The largest absolute Gasteiger partial charge is 0.309 e. The normalized spacial score (nSPS) is 14.1. The van der Waals surface area contributed by atoms with E-state index < -0.39 is 0 Å². The minimum absolute atomic E-state index is 0.119. The van der Waals surface area contributed by atoms with Crippen LogP contribution in [0, 0.1) is 0 Å². The highest BCUT2D eigenvalue weighted by molar-refractivity contribution is 7.98. The third-order valence-corrected chi connectivity index (χ3v) is 5.07. The molecule has 4 heterocycles. The van der Waals surface area contributed by atoms with Gasteiger partial charge in [-0.15, -0.1) is 11.8 Å². The van der Waals surface area contributed by atoms with Gasteiger partial charge in [0.15, 0.2) is 0 Å². The van der Waals surface area contributed by atoms with Crippen molar-refractivity contribution < 1.29 is 0 Å². The summed E-state index contributed by atoms with van der Waals surface area (Å²) >= 11 is 7.57. The maximum atomic E-state index is 12.2. The van der Waals surface area contributed by atoms with Crippen LogP contribution in [-0.4, -0.2) is 25.7 Å². The maximum absolute atomic E-state index is 12.2. The molecule has 3 aromatic heterocycles. The molecule has 0 aliphatic carbocycles. The van der Waals surface area contributed by atoms with Crippen LogP contribution in [-0.2, 0) is 18.8 Å². The highest BCUT2D eigenvalue weighted by Crippen LogP contribution is 2.26. The number of hydrogen-bond donors (Lipinski definition) is 1. The lowest BCUT2D eigenvalue weighted by atomic mass is 10.3. The number of thioether (sulfide) groups is 1. The van der Waals surface area contributed by atoms with Gasteiger partial charge in [0, 0.05) is 31.1 Å². The second-order valence-electron chi connectivity index (χ2n) is 5.31. The molecule has 0 saturated carbocycles. The summed E-state index contributed by atoms with van der Waals surface area (Å²) in [5, 5.41) is 8.27. The molecule has 0 spiro atoms. The second-order valence-corrected chi connectivity index (χ2v) is 6.76. The van der Waals surface area contributed by atoms with Crippen molar-refractivity contribution in [2.24, 2.45) is 0 Å². The second kappa shape index (κ2) is 5.99. The molecular weight excluding hydrogens is 334 g/mol. The maximum Gasteiger partial charge on any atom is 0.258 e. The van der Waals surface area contributed by atoms with Crippen LogP contribution in [0.4, 0.5) is 0 Å². The molecule has 0 bridgehead atoms. The molecule has 8 heteroatoms. The molecule has 1 N–H and O–H groups in total. The first-order valence-corrected chi connectivity index (χ1v) is 8.63. The van der Waals surface area contributed by atoms with Crippen molar-refractivity contribution in [3.8, 4) is 0 Å². The molecule has 0 fully saturated rings. The van der Waals surface area contributed by atoms with E-state index >= 15 is 0 Å². The van der Waals surface area contributed by atoms with E-state index in [9.17, 15) is 4.79 Å². The minimum Gasteiger partial charge on any atom is -0.309 e. The van der Waals surface area contributed by atoms with Crippen molar-refractivity contribution in [1.29, 1.82) is 0 Å². The van der Waals surface area contributed by atoms with Crippen LogP contribution in [0.15, 0.2) is 40.3 Å². The highest BCUT2D eigenvalue weighted by atomic mass is 35.5. The highest BCUT2D eigenvalue weighted by Gasteiger charge is 2.15. The van der Waals surface area contributed by atoms with Gasteiger partial charge in [0.05, 0.1) is 34.0 Å². The third-order valence-electron chi connectivity index (χ3n) is 3.76. The lowest BCUT2D eigenvalue weighted by molar-refractivity contribution is 0.471. The predicted molar refractivity (Wildman–Crippen MR) is 90.0 cm³/mol. The van der Waals surface area contributed by atoms with Crippen molar-refractivity contribution in [3.63, 3.8) is 0 Å². The minimum atomic E-state index is -0.119. The van der Waals surface area contributed by atoms with Gasteiger partial charge in [-0.2, -0.15) is 5.10 Å². The van der Waals surface area contributed by atoms with Gasteiger partial charge in [-0.3, -0.25) is 13.9 Å². The van der Waals surface area contributed by atoms with Crippen LogP contribution in [0.25, 0.3) is 5.65 Å². The molecule has 0 atom stereocenters. The zero-order valence-electron chi connectivity index (χ0n) is 12.2. The zero-order chi connectivity index (χ0) is 15.8. The summed E-state index contributed by atoms with van der Waals surface area (Å²) in [6.07, 6.45) is 3.48. The van der Waals surface area contributed by atoms with Gasteiger partial charge < -0.3 is 5.32 Å². The van der Waals surface area contributed by atoms with E-state index in [1.54, 1.807) is 36.2 Å². The van der Waals surface area contributed by atoms with Crippen molar-refractivity contribution in [3.05, 3.63) is 57.4 Å². The number of nitrogens with one attached hydrogen (secondary N) is 1. The van der Waals surface area contributed by atoms with Gasteiger partial charge in [-0.25, -0.2) is 4.98 Å². The molecule has 1 aliphatic heterocycles. The number of aromatic nitrogens is 4. The van der Waals surface area contributed by atoms with Crippen molar-refractivity contribution >= 4 is 29.0 Å². The topological polar surface area (TPSA) is 64.2 Å². The smallest absolute Gasteiger partial charge is 0.258 e. The number of pyridine rings is 1. The van der Waals surface area contributed by atoms with E-state index in [2.05, 4.69) is 15.4 Å². The fourth-order valence-corrected chi connectivity index (χ4v) is 3.71. The van der Waals surface area contributed by atoms with E-state index in [-0.39, 0.29) is 5.56 Å². The van der Waals surface area contributed by atoms with Crippen molar-refractivity contribution in [2.45, 2.75) is 23.7 Å². The summed E-state index contributed by atoms with van der Waals surface area (Å²) in [6, 6.07) is 5.05. The van der Waals surface area contributed by atoms with Gasteiger partial charge in [-0.05, 0) is 12.1 Å². The van der Waals surface area contributed by atoms with Gasteiger partial charge >= 0.3 is 0 Å². The monoisotopic (exact) mass is 347 g/mol. The molecule has 1 aliphatic rings. The van der Waals surface area contributed by atoms with Gasteiger partial charge in [0.2, 0.25) is 0 Å². The Hall–Kier alpha value is -1.83. The fourth-order valence-electron chi connectivity index (χ4n) is 2.63. The summed E-state index contributed by atoms with van der Waals surface area (Å²) in [5.41, 5.74) is 2.44. The standard InChI is InChI=1S/C15H14ClN5OS/c16-10-1-2-14-19-11(5-15(22)20(14)8-10)9-23-13-7-18-21-4-3-17-6-12(13)21/h1-2,5,7-8,17H,3-4,6,9H2. The summed E-state index contributed by atoms with van der Waals surface area (Å²) in [7, 11) is 0. The number of nitrogens with zero attached hydrogens (tertiary/aromatic N) is 4. The van der Waals surface area contributed by atoms with E-state index in [1.807, 2.05) is 10.9 Å². The number of rotatable bonds is 3. The van der Waals surface area contributed by atoms with Gasteiger partial charge in [-0.1, -0.05) is 11.6 Å². The molecule has 0 unspecified atom stereocenters. The molecule has 0 saturated heterocycles. The van der Waals surface area contributed by atoms with E-state index in [4.69, 9.17) is 11.6 Å². The first kappa shape index (κ1) is 14.7. The summed E-state index contributed by atoms with van der Waals surface area (Å²) in [4.78, 5) is 17.8. The van der Waals surface area contributed by atoms with Crippen LogP contribution in [0.3, 0.4) is 0 Å². The van der Waals surface area contributed by atoms with Crippen LogP contribution < -0.4 is 10.9 Å². The molecule has 0 radical (unpaired) electrons. The van der Waals surface area contributed by atoms with Crippen molar-refractivity contribution in [2.75, 3.05) is 6.54 Å². The van der Waals surface area contributed by atoms with E-state index in [0.717, 1.165) is 30.2 Å². The first-order valence-electron chi connectivity index (χ1n) is 7.27. The van der Waals surface area contributed by atoms with Gasteiger partial charge in [0.1, 0.15) is 5.65 Å². The number of fused-ring (bicyclic) bond motifs is 2. The number of halogens is 1. The molecule has 3 aromatic rings. The van der Waals surface area contributed by atoms with Crippen LogP contribution in [0.5, 0.6) is 0 Å². The Morgan fingerprint density at radius 3 is 3.22 bits per heavy atom. The Kier molecular flexibility index (Phi) is 3.84. The lowest BCUT2D eigenvalue weighted by Gasteiger charge is -2.15. The molecule has 23 heavy (non-hydrogen) atoms. The Morgan fingerprint density at radius 2 is 2.30 bits per heavy atom. The Bertz CT molecular complexity index is 935. The first-order chi connectivity index (χ1) is 11.2. The molecule has 118 valence electrons. The van der Waals surface area contributed by atoms with Crippen molar-refractivity contribution in [1.82, 2.24) is 24.5 Å². The molecule has 0 amide bonds. The Balaban J connectivity index is 1.60. The zero-order valence-corrected chi connectivity index (χ0v) is 13.8. The fraction of sp³-hybridized carbons (Fsp3) is 0.267. The SMILES string of the molecule is O=c1cc(CSc2cnn3c2CNCC3)nc2ccc(Cl)cn12. The predicted octanol–water partition coefficient (Wildman–Crippen LogP) is 1.94. The molecule has 6 nitrogen and oxygen atoms in total. The quantitative estimate of drug-likeness (QED) is 0.733. The Labute approximate surface area is 141 Å². The van der Waals surface area contributed by atoms with E-state index in [1.165, 1.54) is 10.1 Å². The summed E-state index contributed by atoms with van der Waals surface area (Å²) < 4.78 is 3.49. The average Bonchev–Trinajstić information content (AvgIpc) is 2.97. The Morgan fingerprint density at radius 1 is 1.39 bits per heavy atom. The lowest BCUT2D eigenvalue weighted by Crippen LogP contribution is -2.28. The van der Waals surface area contributed by atoms with Gasteiger partial charge in [0.25, 0.3) is 5.56 Å². The third kappa shape index (κ3) is 2.87. The molecular formula is C15H14ClN5OS. The van der Waals surface area contributed by atoms with Crippen LogP contribution >= 0.6 is 23.4 Å². The molecule has 4 rings (SSSR count). The summed E-state index contributed by atoms with van der Waals surface area (Å²) in [6.45, 7) is 2.67. The summed E-state index contributed by atoms with van der Waals surface area (Å²) in [5.74, 6) is 0.632. The number of hydrogen-bond acceptors (Lipinski definition) is 5. The van der Waals surface area contributed by atoms with Crippen LogP contribution in [0.1, 0.15) is 11.4 Å².